The number of hydrogen-bond donors (Lipinski definition) is 5. The zero-order valence-corrected chi connectivity index (χ0v) is 10.8. The van der Waals surface area contributed by atoms with Crippen LogP contribution in [0, 0.1) is 0 Å². The Morgan fingerprint density at radius 2 is 1.79 bits per heavy atom. The molecule has 2 aromatic rings. The highest BCUT2D eigenvalue weighted by molar-refractivity contribution is 5.83. The van der Waals surface area contributed by atoms with Gasteiger partial charge in [0.1, 0.15) is 0 Å². The smallest absolute Gasteiger partial charge is 0.286 e. The zero-order valence-electron chi connectivity index (χ0n) is 10.8. The molecule has 0 aliphatic rings. The summed E-state index contributed by atoms with van der Waals surface area (Å²) >= 11 is 0. The summed E-state index contributed by atoms with van der Waals surface area (Å²) in [5, 5.41) is 40.9. The molecule has 0 spiro atoms. The van der Waals surface area contributed by atoms with Crippen LogP contribution in [0.25, 0.3) is 10.9 Å². The third kappa shape index (κ3) is 2.03. The molecular formula is C13H18N2O4. The summed E-state index contributed by atoms with van der Waals surface area (Å²) in [6, 6.07) is 6.96. The first-order valence-corrected chi connectivity index (χ1v) is 5.99. The van der Waals surface area contributed by atoms with Gasteiger partial charge in [0.25, 0.3) is 11.7 Å². The van der Waals surface area contributed by atoms with Gasteiger partial charge in [-0.3, -0.25) is 4.90 Å². The van der Waals surface area contributed by atoms with Gasteiger partial charge in [-0.1, -0.05) is 25.1 Å². The molecule has 1 aromatic heterocycles. The molecule has 0 atom stereocenters. The second kappa shape index (κ2) is 4.59. The quantitative estimate of drug-likeness (QED) is 0.497. The molecule has 6 heteroatoms. The maximum atomic E-state index is 10.2. The molecule has 0 amide bonds. The summed E-state index contributed by atoms with van der Waals surface area (Å²) in [6.07, 6.45) is 1.36. The van der Waals surface area contributed by atoms with Gasteiger partial charge in [-0.15, -0.1) is 0 Å². The van der Waals surface area contributed by atoms with Gasteiger partial charge < -0.3 is 25.4 Å². The number of fused-ring (bicyclic) bond motifs is 1. The van der Waals surface area contributed by atoms with Gasteiger partial charge in [0.2, 0.25) is 0 Å². The Bertz CT molecular complexity index is 577. The van der Waals surface area contributed by atoms with Gasteiger partial charge in [0.15, 0.2) is 0 Å². The lowest BCUT2D eigenvalue weighted by atomic mass is 10.0. The van der Waals surface area contributed by atoms with Gasteiger partial charge in [0, 0.05) is 29.2 Å². The Kier molecular flexibility index (Phi) is 3.38. The maximum absolute atomic E-state index is 10.2. The van der Waals surface area contributed by atoms with Crippen LogP contribution in [0.5, 0.6) is 0 Å². The minimum Gasteiger partial charge on any atom is -0.361 e. The molecule has 1 heterocycles. The van der Waals surface area contributed by atoms with Crippen molar-refractivity contribution in [3.05, 3.63) is 36.0 Å². The van der Waals surface area contributed by atoms with Crippen molar-refractivity contribution in [2.24, 2.45) is 0 Å². The van der Waals surface area contributed by atoms with Crippen LogP contribution in [0.4, 0.5) is 0 Å². The molecule has 1 aromatic carbocycles. The van der Waals surface area contributed by atoms with Crippen molar-refractivity contribution in [3.63, 3.8) is 0 Å². The van der Waals surface area contributed by atoms with Crippen molar-refractivity contribution in [2.75, 3.05) is 13.6 Å². The van der Waals surface area contributed by atoms with Crippen molar-refractivity contribution in [2.45, 2.75) is 18.6 Å². The first kappa shape index (κ1) is 14.0. The predicted octanol–water partition coefficient (Wildman–Crippen LogP) is -0.105. The zero-order chi connectivity index (χ0) is 14.3. The largest absolute Gasteiger partial charge is 0.361 e. The molecule has 0 aliphatic heterocycles. The number of nitrogens with zero attached hydrogens (tertiary/aromatic N) is 1. The fourth-order valence-corrected chi connectivity index (χ4v) is 2.03. The van der Waals surface area contributed by atoms with E-state index in [9.17, 15) is 20.4 Å². The second-order valence-electron chi connectivity index (χ2n) is 4.57. The normalized spacial score (nSPS) is 13.4. The van der Waals surface area contributed by atoms with E-state index in [1.165, 1.54) is 13.2 Å². The molecule has 104 valence electrons. The summed E-state index contributed by atoms with van der Waals surface area (Å²) in [4.78, 5) is 3.90. The fraction of sp³-hybridized carbons (Fsp3) is 0.385. The molecule has 2 rings (SSSR count). The number of hydrogen-bond acceptors (Lipinski definition) is 5. The average molecular weight is 266 g/mol. The van der Waals surface area contributed by atoms with E-state index in [-0.39, 0.29) is 12.1 Å². The monoisotopic (exact) mass is 266 g/mol. The molecule has 0 aliphatic carbocycles. The van der Waals surface area contributed by atoms with Crippen LogP contribution in [-0.4, -0.2) is 49.8 Å². The molecule has 0 saturated carbocycles. The molecular weight excluding hydrogens is 248 g/mol. The summed E-state index contributed by atoms with van der Waals surface area (Å²) < 4.78 is 0. The highest BCUT2D eigenvalue weighted by Crippen LogP contribution is 2.35. The van der Waals surface area contributed by atoms with Crippen molar-refractivity contribution >= 4 is 10.9 Å². The Morgan fingerprint density at radius 3 is 2.42 bits per heavy atom. The van der Waals surface area contributed by atoms with E-state index in [1.807, 2.05) is 0 Å². The highest BCUT2D eigenvalue weighted by Gasteiger charge is 2.52. The van der Waals surface area contributed by atoms with Crippen molar-refractivity contribution < 1.29 is 20.4 Å². The van der Waals surface area contributed by atoms with Gasteiger partial charge in [0.05, 0.1) is 0 Å². The topological polar surface area (TPSA) is 100.0 Å². The van der Waals surface area contributed by atoms with Gasteiger partial charge in [-0.2, -0.15) is 0 Å². The van der Waals surface area contributed by atoms with Gasteiger partial charge >= 0.3 is 0 Å². The number of para-hydroxylation sites is 1. The van der Waals surface area contributed by atoms with E-state index in [0.29, 0.717) is 10.9 Å². The van der Waals surface area contributed by atoms with E-state index in [4.69, 9.17) is 0 Å². The number of aliphatic hydroxyl groups is 4. The van der Waals surface area contributed by atoms with Gasteiger partial charge in [-0.25, -0.2) is 0 Å². The summed E-state index contributed by atoms with van der Waals surface area (Å²) in [6.45, 7) is 1.91. The minimum atomic E-state index is -2.82. The molecule has 0 bridgehead atoms. The van der Waals surface area contributed by atoms with Crippen LogP contribution < -0.4 is 0 Å². The van der Waals surface area contributed by atoms with Crippen LogP contribution in [0.3, 0.4) is 0 Å². The number of likely N-dealkylation sites (N-methyl/N-ethyl adjacent to an activating group) is 1. The van der Waals surface area contributed by atoms with E-state index in [0.717, 1.165) is 4.90 Å². The molecule has 0 unspecified atom stereocenters. The highest BCUT2D eigenvalue weighted by atomic mass is 16.6. The van der Waals surface area contributed by atoms with Gasteiger partial charge in [-0.05, 0) is 13.1 Å². The minimum absolute atomic E-state index is 0.00778. The van der Waals surface area contributed by atoms with Crippen LogP contribution >= 0.6 is 0 Å². The Balaban J connectivity index is 2.55. The molecule has 6 nitrogen and oxygen atoms in total. The standard InChI is InChI=1S/C13H18N2O4/c1-3-15(2)13(18,19)12(16,17)10-8-14-11-7-5-4-6-9(10)11/h4-8,14,16-19H,3H2,1-2H3. The molecule has 0 fully saturated rings. The van der Waals surface area contributed by atoms with Crippen LogP contribution in [0.1, 0.15) is 12.5 Å². The fourth-order valence-electron chi connectivity index (χ4n) is 2.03. The summed E-state index contributed by atoms with van der Waals surface area (Å²) in [5.41, 5.74) is 0.688. The Labute approximate surface area is 110 Å². The van der Waals surface area contributed by atoms with E-state index < -0.39 is 11.7 Å². The van der Waals surface area contributed by atoms with Crippen molar-refractivity contribution in [1.82, 2.24) is 9.88 Å². The number of benzene rings is 1. The second-order valence-corrected chi connectivity index (χ2v) is 4.57. The summed E-state index contributed by atoms with van der Waals surface area (Å²) in [5.74, 6) is -5.62. The first-order valence-electron chi connectivity index (χ1n) is 5.99. The number of nitrogens with one attached hydrogen (secondary N) is 1. The first-order chi connectivity index (χ1) is 8.82. The van der Waals surface area contributed by atoms with Crippen LogP contribution in [-0.2, 0) is 5.79 Å². The SMILES string of the molecule is CCN(C)C(O)(O)C(O)(O)c1c[nH]c2ccccc12. The maximum Gasteiger partial charge on any atom is 0.286 e. The predicted molar refractivity (Wildman–Crippen MR) is 69.9 cm³/mol. The summed E-state index contributed by atoms with van der Waals surface area (Å²) in [7, 11) is 1.38. The van der Waals surface area contributed by atoms with Crippen molar-refractivity contribution in [3.8, 4) is 0 Å². The molecule has 0 saturated heterocycles. The lowest BCUT2D eigenvalue weighted by Gasteiger charge is -2.40. The van der Waals surface area contributed by atoms with Crippen LogP contribution in [0.2, 0.25) is 0 Å². The Morgan fingerprint density at radius 1 is 1.16 bits per heavy atom. The Hall–Kier alpha value is -1.44. The number of aromatic nitrogens is 1. The number of rotatable bonds is 4. The third-order valence-electron chi connectivity index (χ3n) is 3.44. The lowest BCUT2D eigenvalue weighted by molar-refractivity contribution is -0.416. The van der Waals surface area contributed by atoms with Crippen LogP contribution in [0.15, 0.2) is 30.5 Å². The van der Waals surface area contributed by atoms with E-state index >= 15 is 0 Å². The molecule has 5 N–H and O–H groups in total. The van der Waals surface area contributed by atoms with E-state index in [2.05, 4.69) is 4.98 Å². The van der Waals surface area contributed by atoms with E-state index in [1.54, 1.807) is 31.2 Å². The van der Waals surface area contributed by atoms with Crippen molar-refractivity contribution in [1.29, 1.82) is 0 Å². The third-order valence-corrected chi connectivity index (χ3v) is 3.44. The average Bonchev–Trinajstić information content (AvgIpc) is 2.81. The molecule has 0 radical (unpaired) electrons. The number of aromatic amines is 1. The molecule has 19 heavy (non-hydrogen) atoms. The lowest BCUT2D eigenvalue weighted by Crippen LogP contribution is -2.61. The number of H-pyrrole nitrogens is 1.